The molecular formula is C16H25N5O. The van der Waals surface area contributed by atoms with E-state index >= 15 is 0 Å². The molecule has 3 heterocycles. The maximum atomic E-state index is 12.4. The van der Waals surface area contributed by atoms with Crippen molar-refractivity contribution in [1.29, 1.82) is 0 Å². The van der Waals surface area contributed by atoms with Gasteiger partial charge in [-0.15, -0.1) is 5.10 Å². The maximum Gasteiger partial charge on any atom is 0.222 e. The summed E-state index contributed by atoms with van der Waals surface area (Å²) in [7, 11) is 0. The lowest BCUT2D eigenvalue weighted by Gasteiger charge is -2.22. The van der Waals surface area contributed by atoms with Crippen LogP contribution in [0.2, 0.25) is 0 Å². The number of hydrogen-bond acceptors (Lipinski definition) is 5. The van der Waals surface area contributed by atoms with Gasteiger partial charge in [0.1, 0.15) is 0 Å². The molecule has 2 saturated heterocycles. The van der Waals surface area contributed by atoms with Gasteiger partial charge in [0.05, 0.1) is 0 Å². The van der Waals surface area contributed by atoms with Crippen molar-refractivity contribution in [3.05, 3.63) is 18.3 Å². The molecule has 2 aliphatic heterocycles. The van der Waals surface area contributed by atoms with Gasteiger partial charge in [-0.05, 0) is 50.4 Å². The fraction of sp³-hybridized carbons (Fsp3) is 0.688. The van der Waals surface area contributed by atoms with Crippen molar-refractivity contribution in [3.63, 3.8) is 0 Å². The molecule has 1 N–H and O–H groups in total. The van der Waals surface area contributed by atoms with Gasteiger partial charge in [-0.3, -0.25) is 4.79 Å². The average Bonchev–Trinajstić information content (AvgIpc) is 2.96. The van der Waals surface area contributed by atoms with Crippen molar-refractivity contribution in [2.75, 3.05) is 44.2 Å². The van der Waals surface area contributed by atoms with Gasteiger partial charge in [0, 0.05) is 38.8 Å². The summed E-state index contributed by atoms with van der Waals surface area (Å²) in [4.78, 5) is 16.7. The lowest BCUT2D eigenvalue weighted by Crippen LogP contribution is -2.35. The third-order valence-corrected chi connectivity index (χ3v) is 4.66. The van der Waals surface area contributed by atoms with E-state index in [2.05, 4.69) is 20.4 Å². The third-order valence-electron chi connectivity index (χ3n) is 4.66. The molecule has 1 aromatic heterocycles. The maximum absolute atomic E-state index is 12.4. The lowest BCUT2D eigenvalue weighted by atomic mass is 10.0. The van der Waals surface area contributed by atoms with Crippen LogP contribution in [0.15, 0.2) is 18.3 Å². The predicted octanol–water partition coefficient (Wildman–Crippen LogP) is 0.905. The van der Waals surface area contributed by atoms with E-state index in [4.69, 9.17) is 0 Å². The van der Waals surface area contributed by atoms with Crippen LogP contribution in [0.25, 0.3) is 0 Å². The van der Waals surface area contributed by atoms with Crippen molar-refractivity contribution in [2.45, 2.75) is 25.7 Å². The lowest BCUT2D eigenvalue weighted by molar-refractivity contribution is -0.131. The molecule has 1 amide bonds. The molecule has 2 fully saturated rings. The van der Waals surface area contributed by atoms with Gasteiger partial charge >= 0.3 is 0 Å². The molecular weight excluding hydrogens is 278 g/mol. The van der Waals surface area contributed by atoms with E-state index in [1.165, 1.54) is 6.42 Å². The highest BCUT2D eigenvalue weighted by atomic mass is 16.2. The quantitative estimate of drug-likeness (QED) is 0.896. The molecule has 0 aromatic carbocycles. The van der Waals surface area contributed by atoms with Crippen LogP contribution < -0.4 is 10.2 Å². The highest BCUT2D eigenvalue weighted by molar-refractivity contribution is 5.76. The fourth-order valence-corrected chi connectivity index (χ4v) is 3.30. The zero-order valence-corrected chi connectivity index (χ0v) is 13.1. The molecule has 0 saturated carbocycles. The minimum atomic E-state index is 0.313. The first-order valence-electron chi connectivity index (χ1n) is 8.34. The molecule has 1 aromatic rings. The topological polar surface area (TPSA) is 61.4 Å². The van der Waals surface area contributed by atoms with Gasteiger partial charge in [0.15, 0.2) is 5.82 Å². The van der Waals surface area contributed by atoms with Crippen molar-refractivity contribution in [3.8, 4) is 0 Å². The molecule has 0 radical (unpaired) electrons. The molecule has 0 aliphatic carbocycles. The van der Waals surface area contributed by atoms with E-state index in [1.807, 2.05) is 17.0 Å². The minimum Gasteiger partial charge on any atom is -0.353 e. The Morgan fingerprint density at radius 1 is 1.32 bits per heavy atom. The zero-order chi connectivity index (χ0) is 15.2. The molecule has 6 heteroatoms. The Morgan fingerprint density at radius 3 is 3.05 bits per heavy atom. The number of carbonyl (C=O) groups is 1. The normalized spacial score (nSPS) is 22.6. The number of aromatic nitrogens is 2. The number of nitrogens with one attached hydrogen (secondary N) is 1. The van der Waals surface area contributed by atoms with E-state index < -0.39 is 0 Å². The summed E-state index contributed by atoms with van der Waals surface area (Å²) in [6, 6.07) is 3.89. The van der Waals surface area contributed by atoms with Gasteiger partial charge in [-0.25, -0.2) is 0 Å². The third kappa shape index (κ3) is 3.94. The van der Waals surface area contributed by atoms with Crippen molar-refractivity contribution in [2.24, 2.45) is 5.92 Å². The van der Waals surface area contributed by atoms with Crippen molar-refractivity contribution in [1.82, 2.24) is 20.4 Å². The largest absolute Gasteiger partial charge is 0.353 e. The molecule has 2 aliphatic rings. The number of hydrogen-bond donors (Lipinski definition) is 1. The first-order valence-corrected chi connectivity index (χ1v) is 8.34. The second-order valence-corrected chi connectivity index (χ2v) is 6.20. The number of nitrogens with zero attached hydrogens (tertiary/aromatic N) is 4. The van der Waals surface area contributed by atoms with E-state index in [1.54, 1.807) is 6.20 Å². The molecule has 6 nitrogen and oxygen atoms in total. The summed E-state index contributed by atoms with van der Waals surface area (Å²) < 4.78 is 0. The Hall–Kier alpha value is -1.69. The molecule has 0 bridgehead atoms. The summed E-state index contributed by atoms with van der Waals surface area (Å²) in [6.07, 6.45) is 5.61. The molecule has 1 atom stereocenters. The average molecular weight is 303 g/mol. The van der Waals surface area contributed by atoms with Crippen LogP contribution in [0.3, 0.4) is 0 Å². The van der Waals surface area contributed by atoms with Gasteiger partial charge < -0.3 is 15.1 Å². The van der Waals surface area contributed by atoms with Crippen LogP contribution in [-0.4, -0.2) is 60.3 Å². The summed E-state index contributed by atoms with van der Waals surface area (Å²) in [6.45, 7) is 5.62. The highest BCUT2D eigenvalue weighted by Gasteiger charge is 2.21. The van der Waals surface area contributed by atoms with Crippen molar-refractivity contribution < 1.29 is 4.79 Å². The SMILES string of the molecule is O=C(CCC1CCNC1)N1CCCN(c2cccnn2)CC1. The Balaban J connectivity index is 1.48. The number of carbonyl (C=O) groups excluding carboxylic acids is 1. The molecule has 3 rings (SSSR count). The second kappa shape index (κ2) is 7.54. The molecule has 22 heavy (non-hydrogen) atoms. The van der Waals surface area contributed by atoms with Crippen LogP contribution in [0.5, 0.6) is 0 Å². The highest BCUT2D eigenvalue weighted by Crippen LogP contribution is 2.17. The summed E-state index contributed by atoms with van der Waals surface area (Å²) >= 11 is 0. The Kier molecular flexibility index (Phi) is 5.21. The molecule has 1 unspecified atom stereocenters. The first kappa shape index (κ1) is 15.2. The van der Waals surface area contributed by atoms with E-state index in [9.17, 15) is 4.79 Å². The van der Waals surface area contributed by atoms with Gasteiger partial charge in [0.2, 0.25) is 5.91 Å². The predicted molar refractivity (Wildman–Crippen MR) is 85.7 cm³/mol. The second-order valence-electron chi connectivity index (χ2n) is 6.20. The van der Waals surface area contributed by atoms with E-state index in [0.29, 0.717) is 18.2 Å². The minimum absolute atomic E-state index is 0.313. The van der Waals surface area contributed by atoms with Crippen LogP contribution >= 0.6 is 0 Å². The zero-order valence-electron chi connectivity index (χ0n) is 13.1. The number of amides is 1. The number of rotatable bonds is 4. The molecule has 120 valence electrons. The van der Waals surface area contributed by atoms with Crippen LogP contribution in [0.4, 0.5) is 5.82 Å². The van der Waals surface area contributed by atoms with Crippen molar-refractivity contribution >= 4 is 11.7 Å². The van der Waals surface area contributed by atoms with E-state index in [-0.39, 0.29) is 0 Å². The number of anilines is 1. The Labute approximate surface area is 131 Å². The fourth-order valence-electron chi connectivity index (χ4n) is 3.30. The Bertz CT molecular complexity index is 475. The van der Waals surface area contributed by atoms with Gasteiger partial charge in [-0.2, -0.15) is 5.10 Å². The smallest absolute Gasteiger partial charge is 0.222 e. The summed E-state index contributed by atoms with van der Waals surface area (Å²) in [5, 5.41) is 11.5. The standard InChI is InChI=1S/C16H25N5O/c22-16(5-4-14-6-8-17-13-14)21-10-2-9-20(11-12-21)15-3-1-7-18-19-15/h1,3,7,14,17H,2,4-6,8-13H2. The molecule has 0 spiro atoms. The van der Waals surface area contributed by atoms with Crippen LogP contribution in [0.1, 0.15) is 25.7 Å². The van der Waals surface area contributed by atoms with Crippen LogP contribution in [-0.2, 0) is 4.79 Å². The van der Waals surface area contributed by atoms with Gasteiger partial charge in [-0.1, -0.05) is 0 Å². The van der Waals surface area contributed by atoms with E-state index in [0.717, 1.165) is 57.9 Å². The first-order chi connectivity index (χ1) is 10.8. The summed E-state index contributed by atoms with van der Waals surface area (Å²) in [5.41, 5.74) is 0. The summed E-state index contributed by atoms with van der Waals surface area (Å²) in [5.74, 6) is 1.91. The van der Waals surface area contributed by atoms with Crippen LogP contribution in [0, 0.1) is 5.92 Å². The van der Waals surface area contributed by atoms with Gasteiger partial charge in [0.25, 0.3) is 0 Å². The Morgan fingerprint density at radius 2 is 2.27 bits per heavy atom. The monoisotopic (exact) mass is 303 g/mol.